The normalized spacial score (nSPS) is 24.1. The largest absolute Gasteiger partial charge is 0.489 e. The lowest BCUT2D eigenvalue weighted by molar-refractivity contribution is 0.103. The summed E-state index contributed by atoms with van der Waals surface area (Å²) in [5.74, 6) is 1.28. The van der Waals surface area contributed by atoms with Gasteiger partial charge in [-0.25, -0.2) is 0 Å². The summed E-state index contributed by atoms with van der Waals surface area (Å²) in [6.07, 6.45) is 5.09. The van der Waals surface area contributed by atoms with Crippen molar-refractivity contribution in [3.8, 4) is 11.8 Å². The van der Waals surface area contributed by atoms with Crippen LogP contribution in [0.4, 0.5) is 0 Å². The van der Waals surface area contributed by atoms with Crippen LogP contribution in [-0.2, 0) is 0 Å². The molecule has 0 N–H and O–H groups in total. The molecule has 1 aliphatic rings. The summed E-state index contributed by atoms with van der Waals surface area (Å²) >= 11 is 6.10. The van der Waals surface area contributed by atoms with Crippen LogP contribution in [0.15, 0.2) is 18.2 Å². The summed E-state index contributed by atoms with van der Waals surface area (Å²) in [6.45, 7) is 2.22. The predicted octanol–water partition coefficient (Wildman–Crippen LogP) is 4.17. The van der Waals surface area contributed by atoms with Gasteiger partial charge in [0, 0.05) is 0 Å². The van der Waals surface area contributed by atoms with Crippen molar-refractivity contribution < 1.29 is 4.74 Å². The molecule has 0 saturated heterocycles. The quantitative estimate of drug-likeness (QED) is 0.788. The average Bonchev–Trinajstić information content (AvgIpc) is 2.34. The number of hydrogen-bond acceptors (Lipinski definition) is 2. The SMILES string of the molecule is C[C@@H]1CCCC[C@H]1Oc1ccc(C#N)cc1Cl. The van der Waals surface area contributed by atoms with Crippen LogP contribution in [0.25, 0.3) is 0 Å². The van der Waals surface area contributed by atoms with Crippen molar-refractivity contribution in [2.45, 2.75) is 38.7 Å². The van der Waals surface area contributed by atoms with E-state index in [9.17, 15) is 0 Å². The highest BCUT2D eigenvalue weighted by Crippen LogP contribution is 2.32. The third-order valence-electron chi connectivity index (χ3n) is 3.37. The summed E-state index contributed by atoms with van der Waals surface area (Å²) in [7, 11) is 0. The van der Waals surface area contributed by atoms with Crippen molar-refractivity contribution in [3.63, 3.8) is 0 Å². The smallest absolute Gasteiger partial charge is 0.138 e. The van der Waals surface area contributed by atoms with Gasteiger partial charge in [-0.2, -0.15) is 5.26 Å². The fraction of sp³-hybridized carbons (Fsp3) is 0.500. The van der Waals surface area contributed by atoms with Gasteiger partial charge in [-0.05, 0) is 43.4 Å². The lowest BCUT2D eigenvalue weighted by Gasteiger charge is -2.29. The molecule has 0 spiro atoms. The first-order chi connectivity index (χ1) is 8.20. The van der Waals surface area contributed by atoms with E-state index in [1.165, 1.54) is 19.3 Å². The minimum Gasteiger partial charge on any atom is -0.489 e. The number of halogens is 1. The van der Waals surface area contributed by atoms with Crippen LogP contribution >= 0.6 is 11.6 Å². The maximum absolute atomic E-state index is 8.77. The van der Waals surface area contributed by atoms with Crippen molar-refractivity contribution in [3.05, 3.63) is 28.8 Å². The molecule has 17 heavy (non-hydrogen) atoms. The van der Waals surface area contributed by atoms with Gasteiger partial charge in [0.05, 0.1) is 16.7 Å². The first-order valence-electron chi connectivity index (χ1n) is 6.07. The van der Waals surface area contributed by atoms with E-state index in [1.54, 1.807) is 18.2 Å². The molecule has 0 aliphatic heterocycles. The zero-order valence-electron chi connectivity index (χ0n) is 9.95. The van der Waals surface area contributed by atoms with Crippen LogP contribution in [-0.4, -0.2) is 6.10 Å². The second-order valence-electron chi connectivity index (χ2n) is 4.68. The predicted molar refractivity (Wildman–Crippen MR) is 68.2 cm³/mol. The monoisotopic (exact) mass is 249 g/mol. The highest BCUT2D eigenvalue weighted by Gasteiger charge is 2.23. The van der Waals surface area contributed by atoms with Crippen molar-refractivity contribution in [2.75, 3.05) is 0 Å². The van der Waals surface area contributed by atoms with Gasteiger partial charge in [-0.3, -0.25) is 0 Å². The highest BCUT2D eigenvalue weighted by molar-refractivity contribution is 6.32. The molecular formula is C14H16ClNO. The van der Waals surface area contributed by atoms with Crippen LogP contribution in [0.1, 0.15) is 38.2 Å². The van der Waals surface area contributed by atoms with Gasteiger partial charge in [0.25, 0.3) is 0 Å². The molecule has 0 amide bonds. The zero-order chi connectivity index (χ0) is 12.3. The Balaban J connectivity index is 2.10. The van der Waals surface area contributed by atoms with Crippen molar-refractivity contribution in [2.24, 2.45) is 5.92 Å². The van der Waals surface area contributed by atoms with E-state index in [4.69, 9.17) is 21.6 Å². The Hall–Kier alpha value is -1.20. The Bertz CT molecular complexity index is 438. The molecule has 0 aromatic heterocycles. The second-order valence-corrected chi connectivity index (χ2v) is 5.08. The van der Waals surface area contributed by atoms with Gasteiger partial charge in [0.2, 0.25) is 0 Å². The minimum atomic E-state index is 0.259. The van der Waals surface area contributed by atoms with Crippen LogP contribution in [0.3, 0.4) is 0 Å². The lowest BCUT2D eigenvalue weighted by Crippen LogP contribution is -2.28. The molecule has 1 aliphatic carbocycles. The summed E-state index contributed by atoms with van der Waals surface area (Å²) < 4.78 is 5.96. The molecule has 0 bridgehead atoms. The Labute approximate surface area is 107 Å². The number of benzene rings is 1. The number of nitrogens with zero attached hydrogens (tertiary/aromatic N) is 1. The fourth-order valence-corrected chi connectivity index (χ4v) is 2.51. The van der Waals surface area contributed by atoms with Crippen LogP contribution in [0.2, 0.25) is 5.02 Å². The third kappa shape index (κ3) is 2.92. The molecular weight excluding hydrogens is 234 g/mol. The maximum Gasteiger partial charge on any atom is 0.138 e. The summed E-state index contributed by atoms with van der Waals surface area (Å²) in [6, 6.07) is 7.26. The van der Waals surface area contributed by atoms with Gasteiger partial charge in [-0.15, -0.1) is 0 Å². The first-order valence-corrected chi connectivity index (χ1v) is 6.45. The van der Waals surface area contributed by atoms with Crippen molar-refractivity contribution >= 4 is 11.6 Å². The number of ether oxygens (including phenoxy) is 1. The van der Waals surface area contributed by atoms with Crippen molar-refractivity contribution in [1.29, 1.82) is 5.26 Å². The van der Waals surface area contributed by atoms with E-state index in [0.717, 1.165) is 6.42 Å². The Morgan fingerprint density at radius 2 is 2.12 bits per heavy atom. The van der Waals surface area contributed by atoms with Crippen LogP contribution in [0.5, 0.6) is 5.75 Å². The molecule has 1 aromatic rings. The molecule has 1 fully saturated rings. The summed E-state index contributed by atoms with van der Waals surface area (Å²) in [5, 5.41) is 9.30. The van der Waals surface area contributed by atoms with Crippen molar-refractivity contribution in [1.82, 2.24) is 0 Å². The second kappa shape index (κ2) is 5.42. The van der Waals surface area contributed by atoms with Gasteiger partial charge >= 0.3 is 0 Å². The van der Waals surface area contributed by atoms with Gasteiger partial charge in [-0.1, -0.05) is 24.9 Å². The van der Waals surface area contributed by atoms with E-state index >= 15 is 0 Å². The molecule has 2 rings (SSSR count). The Morgan fingerprint density at radius 1 is 1.35 bits per heavy atom. The molecule has 0 radical (unpaired) electrons. The maximum atomic E-state index is 8.77. The highest BCUT2D eigenvalue weighted by atomic mass is 35.5. The fourth-order valence-electron chi connectivity index (χ4n) is 2.29. The zero-order valence-corrected chi connectivity index (χ0v) is 10.7. The molecule has 0 heterocycles. The minimum absolute atomic E-state index is 0.259. The molecule has 1 aromatic carbocycles. The van der Waals surface area contributed by atoms with E-state index < -0.39 is 0 Å². The van der Waals surface area contributed by atoms with Crippen LogP contribution in [0, 0.1) is 17.2 Å². The van der Waals surface area contributed by atoms with Gasteiger partial charge < -0.3 is 4.74 Å². The first kappa shape index (κ1) is 12.3. The van der Waals surface area contributed by atoms with Crippen LogP contribution < -0.4 is 4.74 Å². The number of hydrogen-bond donors (Lipinski definition) is 0. The average molecular weight is 250 g/mol. The van der Waals surface area contributed by atoms with E-state index in [0.29, 0.717) is 22.3 Å². The van der Waals surface area contributed by atoms with E-state index in [2.05, 4.69) is 13.0 Å². The summed E-state index contributed by atoms with van der Waals surface area (Å²) in [5.41, 5.74) is 0.569. The van der Waals surface area contributed by atoms with Gasteiger partial charge in [0.1, 0.15) is 11.9 Å². The molecule has 3 heteroatoms. The Kier molecular flexibility index (Phi) is 3.91. The third-order valence-corrected chi connectivity index (χ3v) is 3.67. The van der Waals surface area contributed by atoms with E-state index in [-0.39, 0.29) is 6.10 Å². The molecule has 1 saturated carbocycles. The standard InChI is InChI=1S/C14H16ClNO/c1-10-4-2-3-5-13(10)17-14-7-6-11(9-16)8-12(14)15/h6-8,10,13H,2-5H2,1H3/t10-,13-/m1/s1. The molecule has 0 unspecified atom stereocenters. The number of nitriles is 1. The topological polar surface area (TPSA) is 33.0 Å². The van der Waals surface area contributed by atoms with Gasteiger partial charge in [0.15, 0.2) is 0 Å². The Morgan fingerprint density at radius 3 is 2.76 bits per heavy atom. The lowest BCUT2D eigenvalue weighted by atomic mass is 9.88. The molecule has 90 valence electrons. The summed E-state index contributed by atoms with van der Waals surface area (Å²) in [4.78, 5) is 0. The van der Waals surface area contributed by atoms with E-state index in [1.807, 2.05) is 0 Å². The molecule has 2 nitrogen and oxygen atoms in total. The molecule has 2 atom stereocenters. The number of rotatable bonds is 2.